The number of benzene rings is 1. The van der Waals surface area contributed by atoms with Crippen LogP contribution in [-0.4, -0.2) is 16.9 Å². The minimum Gasteiger partial charge on any atom is -0.497 e. The first kappa shape index (κ1) is 12.0. The molecule has 17 heavy (non-hydrogen) atoms. The van der Waals surface area contributed by atoms with Gasteiger partial charge in [0, 0.05) is 12.1 Å². The van der Waals surface area contributed by atoms with Crippen LogP contribution in [0.15, 0.2) is 30.5 Å². The third kappa shape index (κ3) is 2.60. The van der Waals surface area contributed by atoms with Gasteiger partial charge in [0.1, 0.15) is 10.9 Å². The Morgan fingerprint density at radius 1 is 1.35 bits per heavy atom. The van der Waals surface area contributed by atoms with Crippen molar-refractivity contribution in [3.05, 3.63) is 46.7 Å². The molecule has 0 aliphatic carbocycles. The molecular weight excluding hydrogens is 238 g/mol. The van der Waals surface area contributed by atoms with Gasteiger partial charge in [0.25, 0.3) is 0 Å². The van der Waals surface area contributed by atoms with Gasteiger partial charge in [0.15, 0.2) is 0 Å². The van der Waals surface area contributed by atoms with E-state index in [2.05, 4.69) is 5.10 Å². The van der Waals surface area contributed by atoms with Crippen molar-refractivity contribution in [2.75, 3.05) is 7.11 Å². The monoisotopic (exact) mass is 251 g/mol. The third-order valence-electron chi connectivity index (χ3n) is 2.56. The third-order valence-corrected chi connectivity index (χ3v) is 2.99. The van der Waals surface area contributed by atoms with Crippen LogP contribution >= 0.6 is 11.6 Å². The lowest BCUT2D eigenvalue weighted by atomic mass is 10.2. The summed E-state index contributed by atoms with van der Waals surface area (Å²) in [6.45, 7) is 1.03. The number of aromatic nitrogens is 2. The van der Waals surface area contributed by atoms with Crippen molar-refractivity contribution in [2.24, 2.45) is 5.73 Å². The van der Waals surface area contributed by atoms with Gasteiger partial charge in [-0.2, -0.15) is 5.10 Å². The molecule has 0 radical (unpaired) electrons. The maximum absolute atomic E-state index is 6.13. The highest BCUT2D eigenvalue weighted by molar-refractivity contribution is 6.30. The molecule has 5 heteroatoms. The van der Waals surface area contributed by atoms with E-state index in [4.69, 9.17) is 22.1 Å². The van der Waals surface area contributed by atoms with Crippen LogP contribution in [0.2, 0.25) is 5.15 Å². The number of hydrogen-bond acceptors (Lipinski definition) is 3. The summed E-state index contributed by atoms with van der Waals surface area (Å²) in [6.07, 6.45) is 1.70. The Labute approximate surface area is 105 Å². The normalized spacial score (nSPS) is 10.5. The predicted molar refractivity (Wildman–Crippen MR) is 67.2 cm³/mol. The maximum atomic E-state index is 6.13. The summed E-state index contributed by atoms with van der Waals surface area (Å²) >= 11 is 6.13. The molecule has 2 rings (SSSR count). The fourth-order valence-corrected chi connectivity index (χ4v) is 1.79. The molecule has 0 bridgehead atoms. The second-order valence-corrected chi connectivity index (χ2v) is 4.03. The molecule has 0 amide bonds. The van der Waals surface area contributed by atoms with Crippen molar-refractivity contribution in [3.8, 4) is 5.75 Å². The number of rotatable bonds is 4. The van der Waals surface area contributed by atoms with E-state index in [1.54, 1.807) is 18.0 Å². The van der Waals surface area contributed by atoms with Crippen molar-refractivity contribution in [1.82, 2.24) is 9.78 Å². The molecule has 0 spiro atoms. The SMILES string of the molecule is COc1ccc(Cn2ncc(CN)c2Cl)cc1. The van der Waals surface area contributed by atoms with Crippen LogP contribution in [0, 0.1) is 0 Å². The van der Waals surface area contributed by atoms with Crippen molar-refractivity contribution in [3.63, 3.8) is 0 Å². The highest BCUT2D eigenvalue weighted by Crippen LogP contribution is 2.17. The van der Waals surface area contributed by atoms with Gasteiger partial charge in [-0.3, -0.25) is 0 Å². The number of ether oxygens (including phenoxy) is 1. The number of halogens is 1. The molecular formula is C12H14ClN3O. The average molecular weight is 252 g/mol. The van der Waals surface area contributed by atoms with E-state index in [9.17, 15) is 0 Å². The van der Waals surface area contributed by atoms with Crippen LogP contribution in [-0.2, 0) is 13.1 Å². The largest absolute Gasteiger partial charge is 0.497 e. The average Bonchev–Trinajstić information content (AvgIpc) is 2.71. The van der Waals surface area contributed by atoms with Crippen molar-refractivity contribution in [2.45, 2.75) is 13.1 Å². The van der Waals surface area contributed by atoms with Gasteiger partial charge in [-0.05, 0) is 17.7 Å². The van der Waals surface area contributed by atoms with E-state index < -0.39 is 0 Å². The van der Waals surface area contributed by atoms with Crippen molar-refractivity contribution >= 4 is 11.6 Å². The number of nitrogens with two attached hydrogens (primary N) is 1. The van der Waals surface area contributed by atoms with Crippen LogP contribution < -0.4 is 10.5 Å². The molecule has 2 aromatic rings. The zero-order valence-corrected chi connectivity index (χ0v) is 10.3. The Hall–Kier alpha value is -1.52. The summed E-state index contributed by atoms with van der Waals surface area (Å²) in [5.74, 6) is 0.836. The first-order valence-corrected chi connectivity index (χ1v) is 5.65. The molecule has 4 nitrogen and oxygen atoms in total. The summed E-state index contributed by atoms with van der Waals surface area (Å²) in [5, 5.41) is 4.80. The quantitative estimate of drug-likeness (QED) is 0.905. The molecule has 1 heterocycles. The van der Waals surface area contributed by atoms with E-state index in [1.165, 1.54) is 0 Å². The molecule has 2 N–H and O–H groups in total. The summed E-state index contributed by atoms with van der Waals surface area (Å²) in [6, 6.07) is 7.80. The van der Waals surface area contributed by atoms with Gasteiger partial charge in [-0.15, -0.1) is 0 Å². The molecule has 0 saturated heterocycles. The van der Waals surface area contributed by atoms with Crippen LogP contribution in [0.5, 0.6) is 5.75 Å². The van der Waals surface area contributed by atoms with Gasteiger partial charge in [0.2, 0.25) is 0 Å². The molecule has 0 fully saturated rings. The fraction of sp³-hybridized carbons (Fsp3) is 0.250. The summed E-state index contributed by atoms with van der Waals surface area (Å²) in [7, 11) is 1.65. The fourth-order valence-electron chi connectivity index (χ4n) is 1.56. The molecule has 0 saturated carbocycles. The predicted octanol–water partition coefficient (Wildman–Crippen LogP) is 2.05. The van der Waals surface area contributed by atoms with Crippen molar-refractivity contribution < 1.29 is 4.74 Å². The highest BCUT2D eigenvalue weighted by atomic mass is 35.5. The first-order valence-electron chi connectivity index (χ1n) is 5.27. The molecule has 0 atom stereocenters. The standard InChI is InChI=1S/C12H14ClN3O/c1-17-11-4-2-9(3-5-11)8-16-12(13)10(6-14)7-15-16/h2-5,7H,6,8,14H2,1H3. The summed E-state index contributed by atoms with van der Waals surface area (Å²) in [4.78, 5) is 0. The van der Waals surface area contributed by atoms with Gasteiger partial charge >= 0.3 is 0 Å². The van der Waals surface area contributed by atoms with Gasteiger partial charge < -0.3 is 10.5 Å². The second kappa shape index (κ2) is 5.21. The van der Waals surface area contributed by atoms with Crippen LogP contribution in [0.4, 0.5) is 0 Å². The molecule has 0 aliphatic heterocycles. The second-order valence-electron chi connectivity index (χ2n) is 3.67. The smallest absolute Gasteiger partial charge is 0.131 e. The Bertz CT molecular complexity index is 493. The Morgan fingerprint density at radius 2 is 2.06 bits per heavy atom. The van der Waals surface area contributed by atoms with Crippen LogP contribution in [0.25, 0.3) is 0 Å². The summed E-state index contributed by atoms with van der Waals surface area (Å²) < 4.78 is 6.83. The Kier molecular flexibility index (Phi) is 3.66. The zero-order chi connectivity index (χ0) is 12.3. The molecule has 0 aliphatic rings. The number of methoxy groups -OCH3 is 1. The minimum absolute atomic E-state index is 0.404. The van der Waals surface area contributed by atoms with Gasteiger partial charge in [-0.1, -0.05) is 23.7 Å². The lowest BCUT2D eigenvalue weighted by Crippen LogP contribution is -2.02. The van der Waals surface area contributed by atoms with E-state index in [0.29, 0.717) is 18.2 Å². The lowest BCUT2D eigenvalue weighted by molar-refractivity contribution is 0.414. The topological polar surface area (TPSA) is 53.1 Å². The molecule has 0 unspecified atom stereocenters. The minimum atomic E-state index is 0.404. The van der Waals surface area contributed by atoms with E-state index in [-0.39, 0.29) is 0 Å². The molecule has 90 valence electrons. The highest BCUT2D eigenvalue weighted by Gasteiger charge is 2.07. The van der Waals surface area contributed by atoms with Gasteiger partial charge in [-0.25, -0.2) is 4.68 Å². The first-order chi connectivity index (χ1) is 8.24. The summed E-state index contributed by atoms with van der Waals surface area (Å²) in [5.41, 5.74) is 7.51. The molecule has 1 aromatic heterocycles. The number of nitrogens with zero attached hydrogens (tertiary/aromatic N) is 2. The van der Waals surface area contributed by atoms with E-state index in [1.807, 2.05) is 24.3 Å². The lowest BCUT2D eigenvalue weighted by Gasteiger charge is -2.05. The van der Waals surface area contributed by atoms with Crippen molar-refractivity contribution in [1.29, 1.82) is 0 Å². The molecule has 1 aromatic carbocycles. The Morgan fingerprint density at radius 3 is 2.59 bits per heavy atom. The van der Waals surface area contributed by atoms with E-state index in [0.717, 1.165) is 16.9 Å². The maximum Gasteiger partial charge on any atom is 0.131 e. The van der Waals surface area contributed by atoms with Gasteiger partial charge in [0.05, 0.1) is 19.9 Å². The Balaban J connectivity index is 2.16. The van der Waals surface area contributed by atoms with E-state index >= 15 is 0 Å². The zero-order valence-electron chi connectivity index (χ0n) is 9.56. The van der Waals surface area contributed by atoms with Crippen LogP contribution in [0.1, 0.15) is 11.1 Å². The van der Waals surface area contributed by atoms with Crippen LogP contribution in [0.3, 0.4) is 0 Å². The number of hydrogen-bond donors (Lipinski definition) is 1.